The molecule has 0 spiro atoms. The SMILES string of the molecule is CC1=C(C(C)Oc2ccccc2)c2cc3nc(cc4[nH]c(cc5[nH]c(cc1n2)c(C)c5CCC(=O)O)c(CCC(=O)O)c4C)C(C(C)Oc1ccccc1)=C3C. The number of aliphatic carboxylic acids is 2. The van der Waals surface area contributed by atoms with E-state index in [1.54, 1.807) is 0 Å². The van der Waals surface area contributed by atoms with Crippen molar-refractivity contribution in [2.24, 2.45) is 0 Å². The average molecular weight is 751 g/mol. The first-order chi connectivity index (χ1) is 26.9. The van der Waals surface area contributed by atoms with E-state index in [0.717, 1.165) is 101 Å². The smallest absolute Gasteiger partial charge is 0.303 e. The first-order valence-electron chi connectivity index (χ1n) is 18.9. The number of aromatic nitrogens is 4. The summed E-state index contributed by atoms with van der Waals surface area (Å²) in [7, 11) is 0. The average Bonchev–Trinajstić information content (AvgIpc) is 3.83. The Hall–Kier alpha value is -6.42. The number of ether oxygens (including phenoxy) is 2. The van der Waals surface area contributed by atoms with Gasteiger partial charge in [-0.15, -0.1) is 0 Å². The second-order valence-corrected chi connectivity index (χ2v) is 14.5. The van der Waals surface area contributed by atoms with Gasteiger partial charge in [-0.05, 0) is 136 Å². The molecule has 2 aliphatic heterocycles. The van der Waals surface area contributed by atoms with Crippen LogP contribution in [0.15, 0.2) is 84.9 Å². The van der Waals surface area contributed by atoms with Crippen molar-refractivity contribution in [2.75, 3.05) is 0 Å². The summed E-state index contributed by atoms with van der Waals surface area (Å²) in [5, 5.41) is 19.4. The molecule has 56 heavy (non-hydrogen) atoms. The van der Waals surface area contributed by atoms with E-state index in [1.165, 1.54) is 0 Å². The number of H-pyrrole nitrogens is 2. The molecule has 8 bridgehead atoms. The third kappa shape index (κ3) is 7.73. The predicted molar refractivity (Wildman–Crippen MR) is 220 cm³/mol. The molecule has 4 N–H and O–H groups in total. The van der Waals surface area contributed by atoms with Gasteiger partial charge in [0, 0.05) is 46.1 Å². The Kier molecular flexibility index (Phi) is 10.6. The van der Waals surface area contributed by atoms with E-state index >= 15 is 0 Å². The minimum atomic E-state index is -0.891. The van der Waals surface area contributed by atoms with Crippen molar-refractivity contribution >= 4 is 56.3 Å². The van der Waals surface area contributed by atoms with Gasteiger partial charge in [-0.2, -0.15) is 0 Å². The Morgan fingerprint density at radius 3 is 1.39 bits per heavy atom. The first-order valence-corrected chi connectivity index (χ1v) is 18.9. The monoisotopic (exact) mass is 750 g/mol. The van der Waals surface area contributed by atoms with Crippen LogP contribution in [-0.2, 0) is 22.4 Å². The van der Waals surface area contributed by atoms with E-state index in [9.17, 15) is 19.8 Å². The Labute approximate surface area is 325 Å². The van der Waals surface area contributed by atoms with E-state index in [1.807, 2.05) is 120 Å². The second kappa shape index (κ2) is 15.7. The lowest BCUT2D eigenvalue weighted by Gasteiger charge is -2.18. The van der Waals surface area contributed by atoms with Crippen molar-refractivity contribution < 1.29 is 29.3 Å². The number of carboxylic acids is 2. The van der Waals surface area contributed by atoms with Crippen LogP contribution in [0.4, 0.5) is 0 Å². The molecule has 7 rings (SSSR count). The van der Waals surface area contributed by atoms with Crippen molar-refractivity contribution in [1.82, 2.24) is 19.9 Å². The molecule has 0 aliphatic carbocycles. The molecule has 2 aromatic carbocycles. The Balaban J connectivity index is 1.54. The highest BCUT2D eigenvalue weighted by Crippen LogP contribution is 2.39. The van der Waals surface area contributed by atoms with Crippen LogP contribution in [0.1, 0.15) is 85.6 Å². The van der Waals surface area contributed by atoms with Crippen LogP contribution >= 0.6 is 0 Å². The lowest BCUT2D eigenvalue weighted by atomic mass is 9.98. The summed E-state index contributed by atoms with van der Waals surface area (Å²) >= 11 is 0. The number of rotatable bonds is 12. The summed E-state index contributed by atoms with van der Waals surface area (Å²) in [5.41, 5.74) is 13.3. The first kappa shape index (κ1) is 37.9. The van der Waals surface area contributed by atoms with Crippen LogP contribution in [0.2, 0.25) is 0 Å². The molecule has 0 saturated carbocycles. The summed E-state index contributed by atoms with van der Waals surface area (Å²) < 4.78 is 13.0. The van der Waals surface area contributed by atoms with Gasteiger partial charge < -0.3 is 29.7 Å². The van der Waals surface area contributed by atoms with Gasteiger partial charge in [0.05, 0.1) is 22.8 Å². The number of benzene rings is 2. The van der Waals surface area contributed by atoms with E-state index in [-0.39, 0.29) is 25.0 Å². The number of fused-ring (bicyclic) bond motifs is 8. The summed E-state index contributed by atoms with van der Waals surface area (Å²) in [4.78, 5) is 41.3. The fraction of sp³-hybridized carbons (Fsp3) is 0.261. The van der Waals surface area contributed by atoms with E-state index in [4.69, 9.17) is 19.4 Å². The number of aryl methyl sites for hydroxylation is 4. The molecule has 5 aromatic rings. The summed E-state index contributed by atoms with van der Waals surface area (Å²) in [6, 6.07) is 27.4. The van der Waals surface area contributed by atoms with Crippen molar-refractivity contribution in [3.05, 3.63) is 130 Å². The number of aromatic amines is 2. The number of para-hydroxylation sites is 2. The van der Waals surface area contributed by atoms with Gasteiger partial charge in [-0.3, -0.25) is 9.59 Å². The van der Waals surface area contributed by atoms with Gasteiger partial charge in [-0.1, -0.05) is 36.4 Å². The molecule has 0 amide bonds. The predicted octanol–water partition coefficient (Wildman–Crippen LogP) is 9.76. The molecule has 286 valence electrons. The number of nitrogens with one attached hydrogen (secondary N) is 2. The van der Waals surface area contributed by atoms with E-state index in [2.05, 4.69) is 16.9 Å². The summed E-state index contributed by atoms with van der Waals surface area (Å²) in [5.74, 6) is -0.298. The van der Waals surface area contributed by atoms with Crippen LogP contribution in [0.3, 0.4) is 0 Å². The largest absolute Gasteiger partial charge is 0.486 e. The number of hydrogen-bond acceptors (Lipinski definition) is 6. The highest BCUT2D eigenvalue weighted by atomic mass is 16.5. The Bertz CT molecular complexity index is 2570. The molecule has 2 aliphatic rings. The van der Waals surface area contributed by atoms with Gasteiger partial charge in [0.15, 0.2) is 0 Å². The topological polar surface area (TPSA) is 150 Å². The maximum Gasteiger partial charge on any atom is 0.303 e. The number of hydrogen-bond donors (Lipinski definition) is 4. The molecule has 10 heteroatoms. The van der Waals surface area contributed by atoms with E-state index < -0.39 is 11.9 Å². The number of nitrogens with zero attached hydrogens (tertiary/aromatic N) is 2. The Morgan fingerprint density at radius 2 is 0.964 bits per heavy atom. The van der Waals surface area contributed by atoms with Crippen LogP contribution in [0.25, 0.3) is 44.4 Å². The van der Waals surface area contributed by atoms with Gasteiger partial charge in [-0.25, -0.2) is 9.97 Å². The zero-order valence-electron chi connectivity index (χ0n) is 32.5. The van der Waals surface area contributed by atoms with Crippen LogP contribution < -0.4 is 9.47 Å². The van der Waals surface area contributed by atoms with Gasteiger partial charge >= 0.3 is 11.9 Å². The summed E-state index contributed by atoms with van der Waals surface area (Å²) in [6.07, 6.45) is -0.213. The number of carbonyl (C=O) groups is 2. The molecule has 2 unspecified atom stereocenters. The van der Waals surface area contributed by atoms with Crippen molar-refractivity contribution in [3.63, 3.8) is 0 Å². The minimum Gasteiger partial charge on any atom is -0.486 e. The third-order valence-electron chi connectivity index (χ3n) is 10.7. The molecule has 0 fully saturated rings. The van der Waals surface area contributed by atoms with Crippen LogP contribution in [0.5, 0.6) is 11.5 Å². The quantitative estimate of drug-likeness (QED) is 0.0984. The highest BCUT2D eigenvalue weighted by molar-refractivity contribution is 5.97. The van der Waals surface area contributed by atoms with E-state index in [0.29, 0.717) is 12.8 Å². The van der Waals surface area contributed by atoms with Crippen molar-refractivity contribution in [2.45, 2.75) is 79.4 Å². The summed E-state index contributed by atoms with van der Waals surface area (Å²) in [6.45, 7) is 12.1. The molecule has 2 atom stereocenters. The maximum absolute atomic E-state index is 11.8. The lowest BCUT2D eigenvalue weighted by Crippen LogP contribution is -2.14. The molecular weight excluding hydrogens is 705 g/mol. The zero-order chi connectivity index (χ0) is 39.7. The maximum atomic E-state index is 11.8. The van der Waals surface area contributed by atoms with Crippen LogP contribution in [-0.4, -0.2) is 54.3 Å². The number of allylic oxidation sites excluding steroid dienone is 2. The molecule has 10 nitrogen and oxygen atoms in total. The van der Waals surface area contributed by atoms with Gasteiger partial charge in [0.25, 0.3) is 0 Å². The fourth-order valence-electron chi connectivity index (χ4n) is 7.81. The van der Waals surface area contributed by atoms with Crippen LogP contribution in [0, 0.1) is 13.8 Å². The molecule has 5 heterocycles. The fourth-order valence-corrected chi connectivity index (χ4v) is 7.81. The van der Waals surface area contributed by atoms with Crippen molar-refractivity contribution in [1.29, 1.82) is 0 Å². The molecule has 3 aromatic heterocycles. The van der Waals surface area contributed by atoms with Gasteiger partial charge in [0.1, 0.15) is 23.7 Å². The van der Waals surface area contributed by atoms with Gasteiger partial charge in [0.2, 0.25) is 0 Å². The minimum absolute atomic E-state index is 0.0466. The highest BCUT2D eigenvalue weighted by Gasteiger charge is 2.28. The normalized spacial score (nSPS) is 13.8. The van der Waals surface area contributed by atoms with Crippen molar-refractivity contribution in [3.8, 4) is 11.5 Å². The molecule has 0 radical (unpaired) electrons. The molecular formula is C46H46N4O6. The Morgan fingerprint density at radius 1 is 0.571 bits per heavy atom. The zero-order valence-corrected chi connectivity index (χ0v) is 32.5. The lowest BCUT2D eigenvalue weighted by molar-refractivity contribution is -0.138. The standard InChI is InChI=1S/C46H46N4O6/c1-25-33(17-19-43(51)52)39-24-40-34(18-20-44(53)54)26(2)36(48-40)22-41-46(30(6)56-32-15-11-8-12-16-32)28(4)38(50-41)23-42-45(27(3)37(49-42)21-35(25)47-39)29(5)55-31-13-9-7-10-14-31/h7-16,21-24,29-30,47-48H,17-20H2,1-6H3,(H,51,52)(H,53,54). The third-order valence-corrected chi connectivity index (χ3v) is 10.7. The molecule has 0 saturated heterocycles. The number of carboxylic acid groups (broad SMARTS) is 2. The second-order valence-electron chi connectivity index (χ2n) is 14.5.